The number of fused-ring (bicyclic) bond motifs is 1. The van der Waals surface area contributed by atoms with Gasteiger partial charge in [-0.3, -0.25) is 4.79 Å². The van der Waals surface area contributed by atoms with E-state index in [1.165, 1.54) is 12.8 Å². The zero-order valence-corrected chi connectivity index (χ0v) is 16.4. The number of rotatable bonds is 6. The lowest BCUT2D eigenvalue weighted by molar-refractivity contribution is 0.0906. The first-order valence-electron chi connectivity index (χ1n) is 9.94. The monoisotopic (exact) mass is 382 g/mol. The molecule has 2 aromatic heterocycles. The Kier molecular flexibility index (Phi) is 5.43. The van der Waals surface area contributed by atoms with Crippen molar-refractivity contribution < 1.29 is 13.7 Å². The molecule has 3 aromatic rings. The van der Waals surface area contributed by atoms with Crippen LogP contribution in [0, 0.1) is 12.8 Å². The molecule has 1 aliphatic heterocycles. The molecule has 1 atom stereocenters. The highest BCUT2D eigenvalue weighted by Gasteiger charge is 2.21. The number of nitrogens with one attached hydrogen (secondary N) is 1. The van der Waals surface area contributed by atoms with Gasteiger partial charge in [0.1, 0.15) is 5.58 Å². The lowest BCUT2D eigenvalue weighted by Gasteiger charge is -2.30. The van der Waals surface area contributed by atoms with E-state index >= 15 is 0 Å². The van der Waals surface area contributed by atoms with Gasteiger partial charge in [-0.25, -0.2) is 0 Å². The summed E-state index contributed by atoms with van der Waals surface area (Å²) in [5.41, 5.74) is 1.69. The molecule has 1 saturated heterocycles. The molecule has 0 aliphatic carbocycles. The lowest BCUT2D eigenvalue weighted by Crippen LogP contribution is -2.36. The van der Waals surface area contributed by atoms with Crippen LogP contribution >= 0.6 is 0 Å². The van der Waals surface area contributed by atoms with E-state index in [1.54, 1.807) is 0 Å². The number of aryl methyl sites for hydroxylation is 1. The largest absolute Gasteiger partial charge is 0.452 e. The van der Waals surface area contributed by atoms with Gasteiger partial charge in [0.2, 0.25) is 5.82 Å². The third-order valence-electron chi connectivity index (χ3n) is 5.34. The Balaban J connectivity index is 1.33. The standard InChI is InChI=1S/C21H26N4O3/c1-14-7-5-11-25(13-14)12-6-10-22-20(26)21-23-19(24-28-21)18-15(2)16-8-3-4-9-17(16)27-18/h3-4,8-9,14H,5-7,10-13H2,1-2H3,(H,22,26)/t14-/m0/s1. The van der Waals surface area contributed by atoms with Crippen LogP contribution in [-0.4, -0.2) is 47.1 Å². The Hall–Kier alpha value is -2.67. The molecule has 3 heterocycles. The predicted octanol–water partition coefficient (Wildman–Crippen LogP) is 3.64. The number of likely N-dealkylation sites (tertiary alicyclic amines) is 1. The van der Waals surface area contributed by atoms with E-state index in [2.05, 4.69) is 27.3 Å². The Morgan fingerprint density at radius 1 is 1.36 bits per heavy atom. The fraction of sp³-hybridized carbons (Fsp3) is 0.476. The molecule has 1 aliphatic rings. The highest BCUT2D eigenvalue weighted by molar-refractivity contribution is 5.90. The molecular formula is C21H26N4O3. The number of carbonyl (C=O) groups excluding carboxylic acids is 1. The van der Waals surface area contributed by atoms with Gasteiger partial charge < -0.3 is 19.2 Å². The van der Waals surface area contributed by atoms with E-state index in [9.17, 15) is 4.79 Å². The van der Waals surface area contributed by atoms with Crippen LogP contribution in [0.2, 0.25) is 0 Å². The first-order chi connectivity index (χ1) is 13.6. The summed E-state index contributed by atoms with van der Waals surface area (Å²) in [6.07, 6.45) is 3.49. The van der Waals surface area contributed by atoms with Crippen LogP contribution in [0.5, 0.6) is 0 Å². The average molecular weight is 382 g/mol. The molecule has 1 aromatic carbocycles. The predicted molar refractivity (Wildman–Crippen MR) is 106 cm³/mol. The van der Waals surface area contributed by atoms with Crippen LogP contribution in [0.3, 0.4) is 0 Å². The maximum Gasteiger partial charge on any atom is 0.316 e. The van der Waals surface area contributed by atoms with E-state index in [-0.39, 0.29) is 11.8 Å². The van der Waals surface area contributed by atoms with Crippen molar-refractivity contribution in [3.8, 4) is 11.6 Å². The molecule has 1 N–H and O–H groups in total. The third kappa shape index (κ3) is 3.94. The van der Waals surface area contributed by atoms with E-state index in [4.69, 9.17) is 8.94 Å². The smallest absolute Gasteiger partial charge is 0.316 e. The van der Waals surface area contributed by atoms with Crippen molar-refractivity contribution in [1.29, 1.82) is 0 Å². The van der Waals surface area contributed by atoms with Crippen molar-refractivity contribution >= 4 is 16.9 Å². The van der Waals surface area contributed by atoms with Gasteiger partial charge in [0.25, 0.3) is 0 Å². The van der Waals surface area contributed by atoms with Crippen LogP contribution in [-0.2, 0) is 0 Å². The molecule has 1 amide bonds. The Morgan fingerprint density at radius 3 is 3.04 bits per heavy atom. The Labute approximate surface area is 164 Å². The van der Waals surface area contributed by atoms with Crippen molar-refractivity contribution in [2.75, 3.05) is 26.2 Å². The molecule has 28 heavy (non-hydrogen) atoms. The van der Waals surface area contributed by atoms with Crippen LogP contribution in [0.25, 0.3) is 22.6 Å². The third-order valence-corrected chi connectivity index (χ3v) is 5.34. The number of amides is 1. The number of hydrogen-bond donors (Lipinski definition) is 1. The second-order valence-electron chi connectivity index (χ2n) is 7.63. The second kappa shape index (κ2) is 8.14. The van der Waals surface area contributed by atoms with Gasteiger partial charge in [-0.2, -0.15) is 4.98 Å². The summed E-state index contributed by atoms with van der Waals surface area (Å²) in [6.45, 7) is 8.13. The molecule has 4 rings (SSSR count). The summed E-state index contributed by atoms with van der Waals surface area (Å²) in [5.74, 6) is 1.20. The van der Waals surface area contributed by atoms with Gasteiger partial charge in [-0.15, -0.1) is 0 Å². The summed E-state index contributed by atoms with van der Waals surface area (Å²) in [5, 5.41) is 7.79. The Morgan fingerprint density at radius 2 is 2.21 bits per heavy atom. The second-order valence-corrected chi connectivity index (χ2v) is 7.63. The lowest BCUT2D eigenvalue weighted by atomic mass is 10.0. The molecule has 1 fully saturated rings. The number of aromatic nitrogens is 2. The number of piperidine rings is 1. The number of hydrogen-bond acceptors (Lipinski definition) is 6. The van der Waals surface area contributed by atoms with Crippen molar-refractivity contribution in [1.82, 2.24) is 20.4 Å². The summed E-state index contributed by atoms with van der Waals surface area (Å²) in [7, 11) is 0. The number of furan rings is 1. The normalized spacial score (nSPS) is 17.9. The molecule has 0 unspecified atom stereocenters. The maximum atomic E-state index is 12.3. The van der Waals surface area contributed by atoms with E-state index in [1.807, 2.05) is 31.2 Å². The molecule has 0 spiro atoms. The molecule has 0 radical (unpaired) electrons. The number of carbonyl (C=O) groups is 1. The Bertz CT molecular complexity index is 962. The van der Waals surface area contributed by atoms with Gasteiger partial charge in [0, 0.05) is 24.0 Å². The highest BCUT2D eigenvalue weighted by atomic mass is 16.5. The number of para-hydroxylation sites is 1. The van der Waals surface area contributed by atoms with Gasteiger partial charge in [0.05, 0.1) is 0 Å². The fourth-order valence-corrected chi connectivity index (χ4v) is 3.87. The quantitative estimate of drug-likeness (QED) is 0.655. The van der Waals surface area contributed by atoms with Gasteiger partial charge in [-0.1, -0.05) is 30.3 Å². The molecule has 7 heteroatoms. The zero-order valence-electron chi connectivity index (χ0n) is 16.4. The first kappa shape index (κ1) is 18.7. The van der Waals surface area contributed by atoms with Crippen molar-refractivity contribution in [2.24, 2.45) is 5.92 Å². The first-order valence-corrected chi connectivity index (χ1v) is 9.94. The SMILES string of the molecule is Cc1c(-c2noc(C(=O)NCCCN3CCC[C@H](C)C3)n2)oc2ccccc12. The van der Waals surface area contributed by atoms with Crippen LogP contribution < -0.4 is 5.32 Å². The summed E-state index contributed by atoms with van der Waals surface area (Å²) in [4.78, 5) is 19.0. The van der Waals surface area contributed by atoms with E-state index < -0.39 is 0 Å². The summed E-state index contributed by atoms with van der Waals surface area (Å²) < 4.78 is 11.0. The van der Waals surface area contributed by atoms with Crippen molar-refractivity contribution in [2.45, 2.75) is 33.1 Å². The van der Waals surface area contributed by atoms with Crippen molar-refractivity contribution in [3.05, 3.63) is 35.7 Å². The van der Waals surface area contributed by atoms with Gasteiger partial charge >= 0.3 is 11.8 Å². The minimum atomic E-state index is -0.348. The van der Waals surface area contributed by atoms with Gasteiger partial charge in [0.15, 0.2) is 5.76 Å². The van der Waals surface area contributed by atoms with Crippen molar-refractivity contribution in [3.63, 3.8) is 0 Å². The minimum absolute atomic E-state index is 0.0403. The van der Waals surface area contributed by atoms with Crippen LogP contribution in [0.15, 0.2) is 33.2 Å². The molecule has 0 bridgehead atoms. The topological polar surface area (TPSA) is 84.4 Å². The molecule has 0 saturated carbocycles. The van der Waals surface area contributed by atoms with Crippen LogP contribution in [0.1, 0.15) is 42.4 Å². The van der Waals surface area contributed by atoms with E-state index in [0.29, 0.717) is 18.1 Å². The molecule has 148 valence electrons. The zero-order chi connectivity index (χ0) is 19.5. The maximum absolute atomic E-state index is 12.3. The van der Waals surface area contributed by atoms with Gasteiger partial charge in [-0.05, 0) is 51.3 Å². The molecule has 7 nitrogen and oxygen atoms in total. The summed E-state index contributed by atoms with van der Waals surface area (Å²) >= 11 is 0. The minimum Gasteiger partial charge on any atom is -0.452 e. The highest BCUT2D eigenvalue weighted by Crippen LogP contribution is 2.31. The fourth-order valence-electron chi connectivity index (χ4n) is 3.87. The van der Waals surface area contributed by atoms with E-state index in [0.717, 1.165) is 48.5 Å². The summed E-state index contributed by atoms with van der Waals surface area (Å²) in [6, 6.07) is 7.74. The number of nitrogens with zero attached hydrogens (tertiary/aromatic N) is 3. The van der Waals surface area contributed by atoms with Crippen LogP contribution in [0.4, 0.5) is 0 Å². The average Bonchev–Trinajstić information content (AvgIpc) is 3.31. The molecular weight excluding hydrogens is 356 g/mol. The number of benzene rings is 1.